The van der Waals surface area contributed by atoms with Gasteiger partial charge in [0.2, 0.25) is 0 Å². The van der Waals surface area contributed by atoms with Crippen LogP contribution in [0.5, 0.6) is 0 Å². The number of aromatic nitrogens is 1. The Labute approximate surface area is 98.9 Å². The molecule has 0 fully saturated rings. The summed E-state index contributed by atoms with van der Waals surface area (Å²) >= 11 is 5.90. The minimum Gasteiger partial charge on any atom is -0.298 e. The number of carbonyl (C=O) groups excluding carboxylic acids is 1. The molecule has 0 aliphatic carbocycles. The van der Waals surface area contributed by atoms with E-state index >= 15 is 0 Å². The number of nitrogens with zero attached hydrogens (tertiary/aromatic N) is 1. The van der Waals surface area contributed by atoms with Gasteiger partial charge in [0.15, 0.2) is 0 Å². The summed E-state index contributed by atoms with van der Waals surface area (Å²) in [4.78, 5) is 14.9. The third-order valence-corrected chi connectivity index (χ3v) is 2.59. The summed E-state index contributed by atoms with van der Waals surface area (Å²) in [6, 6.07) is 9.31. The van der Waals surface area contributed by atoms with E-state index in [0.717, 1.165) is 17.4 Å². The van der Waals surface area contributed by atoms with E-state index in [4.69, 9.17) is 11.6 Å². The second kappa shape index (κ2) is 4.90. The Balaban J connectivity index is 2.30. The van der Waals surface area contributed by atoms with Gasteiger partial charge in [-0.15, -0.1) is 0 Å². The molecule has 3 heteroatoms. The van der Waals surface area contributed by atoms with E-state index in [1.54, 1.807) is 18.5 Å². The summed E-state index contributed by atoms with van der Waals surface area (Å²) in [7, 11) is 0. The molecule has 0 N–H and O–H groups in total. The molecule has 1 aromatic heterocycles. The lowest BCUT2D eigenvalue weighted by molar-refractivity contribution is 0.112. The molecule has 0 saturated heterocycles. The molecular weight excluding hydrogens is 222 g/mol. The van der Waals surface area contributed by atoms with Gasteiger partial charge < -0.3 is 0 Å². The maximum Gasteiger partial charge on any atom is 0.150 e. The van der Waals surface area contributed by atoms with Gasteiger partial charge in [0, 0.05) is 23.0 Å². The van der Waals surface area contributed by atoms with Gasteiger partial charge in [-0.05, 0) is 35.7 Å². The van der Waals surface area contributed by atoms with Gasteiger partial charge in [0.05, 0.1) is 0 Å². The lowest BCUT2D eigenvalue weighted by Gasteiger charge is -2.04. The molecule has 2 rings (SSSR count). The molecule has 2 nitrogen and oxygen atoms in total. The number of aldehydes is 1. The molecule has 0 amide bonds. The number of hydrogen-bond donors (Lipinski definition) is 0. The first-order chi connectivity index (χ1) is 7.79. The molecule has 0 spiro atoms. The van der Waals surface area contributed by atoms with Crippen LogP contribution in [0.15, 0.2) is 42.7 Å². The Bertz CT molecular complexity index is 511. The molecule has 0 aliphatic heterocycles. The molecule has 80 valence electrons. The highest BCUT2D eigenvalue weighted by Crippen LogP contribution is 2.15. The van der Waals surface area contributed by atoms with Crippen molar-refractivity contribution in [2.75, 3.05) is 0 Å². The summed E-state index contributed by atoms with van der Waals surface area (Å²) in [6.07, 6.45) is 4.85. The number of halogens is 1. The van der Waals surface area contributed by atoms with Crippen molar-refractivity contribution in [2.24, 2.45) is 0 Å². The van der Waals surface area contributed by atoms with Gasteiger partial charge in [-0.3, -0.25) is 9.78 Å². The molecule has 0 aliphatic rings. The van der Waals surface area contributed by atoms with Crippen molar-refractivity contribution in [1.29, 1.82) is 0 Å². The van der Waals surface area contributed by atoms with Crippen molar-refractivity contribution in [3.05, 3.63) is 64.4 Å². The van der Waals surface area contributed by atoms with Gasteiger partial charge in [-0.1, -0.05) is 23.7 Å². The van der Waals surface area contributed by atoms with Crippen molar-refractivity contribution >= 4 is 17.9 Å². The van der Waals surface area contributed by atoms with Gasteiger partial charge in [0.1, 0.15) is 6.29 Å². The van der Waals surface area contributed by atoms with Gasteiger partial charge >= 0.3 is 0 Å². The number of benzene rings is 1. The third-order valence-electron chi connectivity index (χ3n) is 2.35. The maximum atomic E-state index is 10.8. The van der Waals surface area contributed by atoms with E-state index in [-0.39, 0.29) is 0 Å². The van der Waals surface area contributed by atoms with Crippen LogP contribution < -0.4 is 0 Å². The van der Waals surface area contributed by atoms with Crippen LogP contribution in [0.3, 0.4) is 0 Å². The number of hydrogen-bond acceptors (Lipinski definition) is 2. The van der Waals surface area contributed by atoms with Crippen LogP contribution >= 0.6 is 11.6 Å². The fourth-order valence-electron chi connectivity index (χ4n) is 1.57. The zero-order chi connectivity index (χ0) is 11.4. The van der Waals surface area contributed by atoms with E-state index in [1.165, 1.54) is 0 Å². The van der Waals surface area contributed by atoms with E-state index < -0.39 is 0 Å². The topological polar surface area (TPSA) is 30.0 Å². The Kier molecular flexibility index (Phi) is 3.32. The summed E-state index contributed by atoms with van der Waals surface area (Å²) in [5, 5.41) is 0.703. The minimum atomic E-state index is 0.669. The summed E-state index contributed by atoms with van der Waals surface area (Å²) in [5.41, 5.74) is 2.67. The smallest absolute Gasteiger partial charge is 0.150 e. The lowest BCUT2D eigenvalue weighted by atomic mass is 10.0. The Hall–Kier alpha value is -1.67. The molecule has 0 unspecified atom stereocenters. The van der Waals surface area contributed by atoms with Crippen molar-refractivity contribution in [2.45, 2.75) is 6.42 Å². The highest BCUT2D eigenvalue weighted by atomic mass is 35.5. The average molecular weight is 232 g/mol. The predicted molar refractivity (Wildman–Crippen MR) is 63.9 cm³/mol. The van der Waals surface area contributed by atoms with Crippen LogP contribution in [0.25, 0.3) is 0 Å². The Morgan fingerprint density at radius 1 is 1.31 bits per heavy atom. The molecule has 16 heavy (non-hydrogen) atoms. The molecule has 1 heterocycles. The second-order valence-electron chi connectivity index (χ2n) is 3.50. The normalized spacial score (nSPS) is 10.1. The maximum absolute atomic E-state index is 10.8. The van der Waals surface area contributed by atoms with E-state index in [9.17, 15) is 4.79 Å². The van der Waals surface area contributed by atoms with Crippen molar-refractivity contribution in [3.8, 4) is 0 Å². The molecule has 0 radical (unpaired) electrons. The quantitative estimate of drug-likeness (QED) is 0.760. The standard InChI is InChI=1S/C13H10ClNO/c14-13-3-1-2-10(7-13)6-12-8-15-5-4-11(12)9-16/h1-5,7-9H,6H2. The van der Waals surface area contributed by atoms with Gasteiger partial charge in [-0.25, -0.2) is 0 Å². The first kappa shape index (κ1) is 10.8. The molecular formula is C13H10ClNO. The summed E-state index contributed by atoms with van der Waals surface area (Å²) in [5.74, 6) is 0. The number of pyridine rings is 1. The van der Waals surface area contributed by atoms with E-state index in [2.05, 4.69) is 4.98 Å². The zero-order valence-electron chi connectivity index (χ0n) is 8.56. The van der Waals surface area contributed by atoms with E-state index in [1.807, 2.05) is 24.3 Å². The predicted octanol–water partition coefficient (Wildman–Crippen LogP) is 3.14. The first-order valence-electron chi connectivity index (χ1n) is 4.92. The number of rotatable bonds is 3. The third kappa shape index (κ3) is 2.47. The fourth-order valence-corrected chi connectivity index (χ4v) is 1.78. The van der Waals surface area contributed by atoms with Crippen LogP contribution in [0.2, 0.25) is 5.02 Å². The monoisotopic (exact) mass is 231 g/mol. The van der Waals surface area contributed by atoms with Crippen LogP contribution in [0.4, 0.5) is 0 Å². The van der Waals surface area contributed by atoms with Gasteiger partial charge in [0.25, 0.3) is 0 Å². The van der Waals surface area contributed by atoms with Crippen molar-refractivity contribution in [1.82, 2.24) is 4.98 Å². The van der Waals surface area contributed by atoms with E-state index in [0.29, 0.717) is 17.0 Å². The molecule has 0 atom stereocenters. The van der Waals surface area contributed by atoms with Crippen LogP contribution in [-0.4, -0.2) is 11.3 Å². The molecule has 2 aromatic rings. The Morgan fingerprint density at radius 2 is 2.19 bits per heavy atom. The largest absolute Gasteiger partial charge is 0.298 e. The zero-order valence-corrected chi connectivity index (χ0v) is 9.32. The number of carbonyl (C=O) groups is 1. The highest BCUT2D eigenvalue weighted by molar-refractivity contribution is 6.30. The second-order valence-corrected chi connectivity index (χ2v) is 3.94. The minimum absolute atomic E-state index is 0.669. The average Bonchev–Trinajstić information content (AvgIpc) is 2.30. The molecule has 0 bridgehead atoms. The first-order valence-corrected chi connectivity index (χ1v) is 5.30. The SMILES string of the molecule is O=Cc1ccncc1Cc1cccc(Cl)c1. The molecule has 0 saturated carbocycles. The summed E-state index contributed by atoms with van der Waals surface area (Å²) < 4.78 is 0. The molecule has 1 aromatic carbocycles. The van der Waals surface area contributed by atoms with Crippen LogP contribution in [0.1, 0.15) is 21.5 Å². The fraction of sp³-hybridized carbons (Fsp3) is 0.0769. The van der Waals surface area contributed by atoms with Crippen molar-refractivity contribution in [3.63, 3.8) is 0 Å². The van der Waals surface area contributed by atoms with Gasteiger partial charge in [-0.2, -0.15) is 0 Å². The van der Waals surface area contributed by atoms with Crippen LogP contribution in [-0.2, 0) is 6.42 Å². The van der Waals surface area contributed by atoms with Crippen molar-refractivity contribution < 1.29 is 4.79 Å². The van der Waals surface area contributed by atoms with Crippen LogP contribution in [0, 0.1) is 0 Å². The lowest BCUT2D eigenvalue weighted by Crippen LogP contribution is -1.95. The Morgan fingerprint density at radius 3 is 2.94 bits per heavy atom. The highest BCUT2D eigenvalue weighted by Gasteiger charge is 2.02. The summed E-state index contributed by atoms with van der Waals surface area (Å²) in [6.45, 7) is 0.